The highest BCUT2D eigenvalue weighted by Gasteiger charge is 2.52. The van der Waals surface area contributed by atoms with Gasteiger partial charge in [0.2, 0.25) is 0 Å². The first-order valence-electron chi connectivity index (χ1n) is 8.21. The Morgan fingerprint density at radius 3 is 2.82 bits per heavy atom. The summed E-state index contributed by atoms with van der Waals surface area (Å²) in [5.74, 6) is 3.08. The van der Waals surface area contributed by atoms with Crippen molar-refractivity contribution < 1.29 is 9.05 Å². The lowest BCUT2D eigenvalue weighted by atomic mass is 9.55. The van der Waals surface area contributed by atoms with Crippen LogP contribution in [0.1, 0.15) is 43.2 Å². The van der Waals surface area contributed by atoms with Gasteiger partial charge in [0.1, 0.15) is 5.75 Å². The molecule has 0 spiro atoms. The van der Waals surface area contributed by atoms with E-state index in [0.29, 0.717) is 11.8 Å². The summed E-state index contributed by atoms with van der Waals surface area (Å²) in [6, 6.07) is 6.64. The van der Waals surface area contributed by atoms with Crippen molar-refractivity contribution in [1.29, 1.82) is 0 Å². The first-order valence-corrected chi connectivity index (χ1v) is 9.15. The summed E-state index contributed by atoms with van der Waals surface area (Å²) >= 11 is 0. The van der Waals surface area contributed by atoms with E-state index in [1.807, 2.05) is 0 Å². The third-order valence-electron chi connectivity index (χ3n) is 6.42. The van der Waals surface area contributed by atoms with Crippen molar-refractivity contribution in [3.63, 3.8) is 0 Å². The molecule has 2 nitrogen and oxygen atoms in total. The summed E-state index contributed by atoms with van der Waals surface area (Å²) in [4.78, 5) is 0. The molecule has 7 atom stereocenters. The summed E-state index contributed by atoms with van der Waals surface area (Å²) in [7, 11) is 4.82. The van der Waals surface area contributed by atoms with Crippen molar-refractivity contribution in [3.05, 3.63) is 41.5 Å². The number of hydrogen-bond donors (Lipinski definition) is 0. The van der Waals surface area contributed by atoms with Crippen LogP contribution >= 0.6 is 18.9 Å². The van der Waals surface area contributed by atoms with Crippen LogP contribution in [0.3, 0.4) is 0 Å². The highest BCUT2D eigenvalue weighted by molar-refractivity contribution is 7.10. The molecule has 4 rings (SSSR count). The van der Waals surface area contributed by atoms with Gasteiger partial charge in [-0.3, -0.25) is 0 Å². The zero-order valence-corrected chi connectivity index (χ0v) is 15.3. The first kappa shape index (κ1) is 15.1. The molecule has 0 amide bonds. The van der Waals surface area contributed by atoms with Crippen LogP contribution in [0.15, 0.2) is 30.4 Å². The van der Waals surface area contributed by atoms with Gasteiger partial charge in [0, 0.05) is 14.9 Å². The van der Waals surface area contributed by atoms with E-state index in [4.69, 9.17) is 9.05 Å². The van der Waals surface area contributed by atoms with Crippen molar-refractivity contribution in [2.24, 2.45) is 17.3 Å². The minimum atomic E-state index is 0.262. The van der Waals surface area contributed by atoms with Crippen molar-refractivity contribution in [3.8, 4) is 5.75 Å². The quantitative estimate of drug-likeness (QED) is 0.578. The molecule has 0 heterocycles. The molecule has 0 aromatic heterocycles. The van der Waals surface area contributed by atoms with Gasteiger partial charge >= 0.3 is 0 Å². The summed E-state index contributed by atoms with van der Waals surface area (Å²) < 4.78 is 11.0. The zero-order chi connectivity index (χ0) is 15.3. The Bertz CT molecular complexity index is 615. The molecule has 1 aromatic carbocycles. The smallest absolute Gasteiger partial charge is 0.122 e. The van der Waals surface area contributed by atoms with E-state index >= 15 is 0 Å². The summed E-state index contributed by atoms with van der Waals surface area (Å²) in [5, 5.41) is 0. The van der Waals surface area contributed by atoms with Gasteiger partial charge in [-0.15, -0.1) is 0 Å². The maximum atomic E-state index is 5.67. The van der Waals surface area contributed by atoms with E-state index in [1.54, 1.807) is 5.56 Å². The van der Waals surface area contributed by atoms with Gasteiger partial charge < -0.3 is 9.05 Å². The van der Waals surface area contributed by atoms with Crippen LogP contribution in [0.5, 0.6) is 5.75 Å². The number of fused-ring (bicyclic) bond motifs is 5. The van der Waals surface area contributed by atoms with Gasteiger partial charge in [-0.2, -0.15) is 0 Å². The fourth-order valence-corrected chi connectivity index (χ4v) is 5.79. The highest BCUT2D eigenvalue weighted by Crippen LogP contribution is 2.59. The Labute approximate surface area is 137 Å². The summed E-state index contributed by atoms with van der Waals surface area (Å²) in [6.45, 7) is 2.42. The number of aryl methyl sites for hydroxylation is 1. The molecule has 1 aromatic rings. The molecule has 0 aliphatic heterocycles. The molecule has 1 fully saturated rings. The largest absolute Gasteiger partial charge is 0.480 e. The average molecular weight is 334 g/mol. The third kappa shape index (κ3) is 2.11. The first-order chi connectivity index (χ1) is 10.7. The number of rotatable bonds is 2. The Morgan fingerprint density at radius 2 is 2.05 bits per heavy atom. The molecular formula is C18H24O2P2. The van der Waals surface area contributed by atoms with Crippen molar-refractivity contribution >= 4 is 18.9 Å². The van der Waals surface area contributed by atoms with Crippen LogP contribution in [-0.4, -0.2) is 6.10 Å². The Hall–Kier alpha value is -0.420. The fraction of sp³-hybridized carbons (Fsp3) is 0.556. The van der Waals surface area contributed by atoms with Gasteiger partial charge in [-0.1, -0.05) is 25.1 Å². The van der Waals surface area contributed by atoms with Gasteiger partial charge in [-0.25, -0.2) is 0 Å². The number of benzene rings is 1. The van der Waals surface area contributed by atoms with Crippen molar-refractivity contribution in [2.45, 2.75) is 44.6 Å². The predicted octanol–water partition coefficient (Wildman–Crippen LogP) is 4.66. The maximum absolute atomic E-state index is 5.67. The fourth-order valence-electron chi connectivity index (χ4n) is 5.25. The van der Waals surface area contributed by atoms with Crippen LogP contribution in [0.4, 0.5) is 0 Å². The van der Waals surface area contributed by atoms with Crippen LogP contribution in [0.2, 0.25) is 0 Å². The lowest BCUT2D eigenvalue weighted by Gasteiger charge is -2.50. The molecule has 1 saturated carbocycles. The van der Waals surface area contributed by atoms with Gasteiger partial charge in [0.05, 0.1) is 15.6 Å². The van der Waals surface area contributed by atoms with E-state index in [2.05, 4.69) is 56.2 Å². The summed E-state index contributed by atoms with van der Waals surface area (Å²) in [6.07, 6.45) is 9.97. The molecule has 0 N–H and O–H groups in total. The minimum Gasteiger partial charge on any atom is -0.480 e. The minimum absolute atomic E-state index is 0.262. The second kappa shape index (κ2) is 5.59. The normalized spacial score (nSPS) is 39.0. The molecule has 0 bridgehead atoms. The van der Waals surface area contributed by atoms with E-state index in [-0.39, 0.29) is 11.5 Å². The topological polar surface area (TPSA) is 18.5 Å². The SMILES string of the molecule is C[C@]12CCC3c4ccc(OP)cc4CCC3C1C=C[C@@H]2OP. The second-order valence-corrected chi connectivity index (χ2v) is 7.81. The predicted molar refractivity (Wildman–Crippen MR) is 95.9 cm³/mol. The maximum Gasteiger partial charge on any atom is 0.122 e. The third-order valence-corrected chi connectivity index (χ3v) is 6.99. The van der Waals surface area contributed by atoms with Gasteiger partial charge in [0.25, 0.3) is 0 Å². The monoisotopic (exact) mass is 334 g/mol. The van der Waals surface area contributed by atoms with Crippen molar-refractivity contribution in [2.75, 3.05) is 0 Å². The Morgan fingerprint density at radius 1 is 1.18 bits per heavy atom. The summed E-state index contributed by atoms with van der Waals surface area (Å²) in [5.41, 5.74) is 3.34. The Kier molecular flexibility index (Phi) is 3.84. The van der Waals surface area contributed by atoms with Crippen LogP contribution in [0, 0.1) is 17.3 Å². The highest BCUT2D eigenvalue weighted by atomic mass is 31.0. The molecule has 3 aliphatic rings. The zero-order valence-electron chi connectivity index (χ0n) is 13.0. The van der Waals surface area contributed by atoms with E-state index in [0.717, 1.165) is 11.7 Å². The number of allylic oxidation sites excluding steroid dienone is 1. The molecule has 5 unspecified atom stereocenters. The van der Waals surface area contributed by atoms with Gasteiger partial charge in [-0.05, 0) is 66.7 Å². The van der Waals surface area contributed by atoms with E-state index in [9.17, 15) is 0 Å². The molecule has 3 aliphatic carbocycles. The average Bonchev–Trinajstić information content (AvgIpc) is 2.90. The standard InChI is InChI=1S/C18H24O2P2/c1-18-9-8-14-13-5-3-12(19-21)10-11(13)2-4-15(14)16(18)6-7-17(18)20-22/h3,5-7,10,14-17H,2,4,8-9,21-22H2,1H3/t14?,15?,16?,17-,18-/m0/s1. The van der Waals surface area contributed by atoms with E-state index in [1.165, 1.54) is 31.2 Å². The number of hydrogen-bond acceptors (Lipinski definition) is 2. The Balaban J connectivity index is 1.68. The molecule has 0 saturated heterocycles. The van der Waals surface area contributed by atoms with E-state index < -0.39 is 0 Å². The van der Waals surface area contributed by atoms with Crippen LogP contribution in [0.25, 0.3) is 0 Å². The molecule has 0 radical (unpaired) electrons. The van der Waals surface area contributed by atoms with Gasteiger partial charge in [0.15, 0.2) is 0 Å². The van der Waals surface area contributed by atoms with Crippen LogP contribution in [-0.2, 0) is 10.9 Å². The lowest BCUT2D eigenvalue weighted by Crippen LogP contribution is -2.44. The van der Waals surface area contributed by atoms with Crippen molar-refractivity contribution in [1.82, 2.24) is 0 Å². The molecule has 4 heteroatoms. The molecule has 118 valence electrons. The molecule has 22 heavy (non-hydrogen) atoms. The second-order valence-electron chi connectivity index (χ2n) is 7.30. The van der Waals surface area contributed by atoms with Crippen LogP contribution < -0.4 is 4.52 Å². The molecular weight excluding hydrogens is 310 g/mol. The lowest BCUT2D eigenvalue weighted by molar-refractivity contribution is 0.00907.